The number of rotatable bonds is 5. The van der Waals surface area contributed by atoms with Crippen LogP contribution in [0, 0.1) is 6.92 Å². The third kappa shape index (κ3) is 3.57. The summed E-state index contributed by atoms with van der Waals surface area (Å²) in [7, 11) is 1.77. The molecule has 19 heavy (non-hydrogen) atoms. The van der Waals surface area contributed by atoms with Gasteiger partial charge < -0.3 is 10.1 Å². The monoisotopic (exact) mass is 276 g/mol. The van der Waals surface area contributed by atoms with Gasteiger partial charge in [-0.2, -0.15) is 15.0 Å². The molecule has 0 aliphatic rings. The van der Waals surface area contributed by atoms with Gasteiger partial charge in [0.1, 0.15) is 0 Å². The van der Waals surface area contributed by atoms with Crippen molar-refractivity contribution in [3.63, 3.8) is 0 Å². The Labute approximate surface area is 116 Å². The number of nitrogens with zero attached hydrogens (tertiary/aromatic N) is 3. The molecule has 1 N–H and O–H groups in total. The zero-order valence-electron chi connectivity index (χ0n) is 11.2. The van der Waals surface area contributed by atoms with Crippen LogP contribution in [-0.2, 0) is 0 Å². The van der Waals surface area contributed by atoms with Crippen LogP contribution in [0.1, 0.15) is 12.5 Å². The molecule has 0 atom stereocenters. The Morgan fingerprint density at radius 1 is 1.21 bits per heavy atom. The molecule has 1 heterocycles. The van der Waals surface area contributed by atoms with Crippen LogP contribution in [0.5, 0.6) is 6.01 Å². The number of aryl methyl sites for hydroxylation is 1. The van der Waals surface area contributed by atoms with Crippen molar-refractivity contribution < 1.29 is 4.74 Å². The van der Waals surface area contributed by atoms with Gasteiger partial charge in [-0.15, -0.1) is 0 Å². The average Bonchev–Trinajstić information content (AvgIpc) is 2.41. The highest BCUT2D eigenvalue weighted by Gasteiger charge is 2.09. The molecule has 100 valence electrons. The van der Waals surface area contributed by atoms with Crippen LogP contribution in [0.2, 0.25) is 0 Å². The normalized spacial score (nSPS) is 10.3. The van der Waals surface area contributed by atoms with Crippen LogP contribution in [-0.4, -0.2) is 28.6 Å². The maximum absolute atomic E-state index is 5.34. The summed E-state index contributed by atoms with van der Waals surface area (Å²) in [5.41, 5.74) is 1.19. The third-order valence-electron chi connectivity index (χ3n) is 2.39. The van der Waals surface area contributed by atoms with Gasteiger partial charge in [0.05, 0.1) is 6.61 Å². The van der Waals surface area contributed by atoms with Crippen molar-refractivity contribution in [2.75, 3.05) is 19.0 Å². The lowest BCUT2D eigenvalue weighted by Crippen LogP contribution is -2.04. The highest BCUT2D eigenvalue weighted by molar-refractivity contribution is 7.99. The van der Waals surface area contributed by atoms with Gasteiger partial charge in [-0.1, -0.05) is 18.2 Å². The van der Waals surface area contributed by atoms with Crippen LogP contribution in [0.15, 0.2) is 34.3 Å². The Bertz CT molecular complexity index is 562. The fourth-order valence-electron chi connectivity index (χ4n) is 1.46. The fourth-order valence-corrected chi connectivity index (χ4v) is 2.29. The first kappa shape index (κ1) is 13.6. The first-order valence-electron chi connectivity index (χ1n) is 6.03. The van der Waals surface area contributed by atoms with E-state index in [2.05, 4.69) is 33.3 Å². The van der Waals surface area contributed by atoms with E-state index in [0.717, 1.165) is 4.90 Å². The van der Waals surface area contributed by atoms with E-state index in [1.54, 1.807) is 7.05 Å². The molecule has 1 aromatic carbocycles. The first-order chi connectivity index (χ1) is 9.22. The second-order valence-corrected chi connectivity index (χ2v) is 4.78. The molecule has 0 unspecified atom stereocenters. The zero-order chi connectivity index (χ0) is 13.7. The van der Waals surface area contributed by atoms with Crippen LogP contribution >= 0.6 is 11.8 Å². The number of ether oxygens (including phenoxy) is 1. The Kier molecular flexibility index (Phi) is 4.57. The van der Waals surface area contributed by atoms with Crippen LogP contribution in [0.4, 0.5) is 5.95 Å². The van der Waals surface area contributed by atoms with Crippen molar-refractivity contribution >= 4 is 17.7 Å². The molecule has 0 amide bonds. The van der Waals surface area contributed by atoms with Gasteiger partial charge in [0.2, 0.25) is 11.1 Å². The minimum atomic E-state index is 0.345. The van der Waals surface area contributed by atoms with Gasteiger partial charge in [0.15, 0.2) is 0 Å². The number of anilines is 1. The van der Waals surface area contributed by atoms with Crippen molar-refractivity contribution in [1.29, 1.82) is 0 Å². The largest absolute Gasteiger partial charge is 0.464 e. The summed E-state index contributed by atoms with van der Waals surface area (Å²) < 4.78 is 5.34. The number of nitrogens with one attached hydrogen (secondary N) is 1. The predicted octanol–water partition coefficient (Wildman–Crippen LogP) is 2.77. The first-order valence-corrected chi connectivity index (χ1v) is 6.84. The van der Waals surface area contributed by atoms with Crippen molar-refractivity contribution in [2.24, 2.45) is 0 Å². The average molecular weight is 276 g/mol. The predicted molar refractivity (Wildman–Crippen MR) is 75.8 cm³/mol. The third-order valence-corrected chi connectivity index (χ3v) is 3.43. The molecule has 0 fully saturated rings. The fraction of sp³-hybridized carbons (Fsp3) is 0.308. The molecule has 5 nitrogen and oxygen atoms in total. The second kappa shape index (κ2) is 6.38. The van der Waals surface area contributed by atoms with E-state index in [9.17, 15) is 0 Å². The Balaban J connectivity index is 2.29. The smallest absolute Gasteiger partial charge is 0.322 e. The quantitative estimate of drug-likeness (QED) is 0.906. The lowest BCUT2D eigenvalue weighted by molar-refractivity contribution is 0.308. The Hall–Kier alpha value is -1.82. The summed E-state index contributed by atoms with van der Waals surface area (Å²) in [6, 6.07) is 8.46. The van der Waals surface area contributed by atoms with Gasteiger partial charge in [-0.3, -0.25) is 0 Å². The van der Waals surface area contributed by atoms with Crippen molar-refractivity contribution in [3.8, 4) is 6.01 Å². The second-order valence-electron chi connectivity index (χ2n) is 3.77. The number of hydrogen-bond acceptors (Lipinski definition) is 6. The van der Waals surface area contributed by atoms with Gasteiger partial charge in [0, 0.05) is 11.9 Å². The molecule has 2 aromatic rings. The van der Waals surface area contributed by atoms with E-state index in [1.165, 1.54) is 17.3 Å². The topological polar surface area (TPSA) is 59.9 Å². The lowest BCUT2D eigenvalue weighted by atomic mass is 10.2. The highest BCUT2D eigenvalue weighted by Crippen LogP contribution is 2.28. The molecular weight excluding hydrogens is 260 g/mol. The summed E-state index contributed by atoms with van der Waals surface area (Å²) in [6.45, 7) is 4.49. The van der Waals surface area contributed by atoms with Gasteiger partial charge in [0.25, 0.3) is 0 Å². The minimum absolute atomic E-state index is 0.345. The standard InChI is InChI=1S/C13H16N4OS/c1-4-18-12-15-11(14-3)16-13(17-12)19-10-8-6-5-7-9(10)2/h5-8H,4H2,1-3H3,(H,14,15,16,17). The molecule has 0 saturated carbocycles. The van der Waals surface area contributed by atoms with Crippen LogP contribution < -0.4 is 10.1 Å². The molecule has 2 rings (SSSR count). The summed E-state index contributed by atoms with van der Waals surface area (Å²) >= 11 is 1.50. The van der Waals surface area contributed by atoms with E-state index in [1.807, 2.05) is 25.1 Å². The van der Waals surface area contributed by atoms with E-state index in [4.69, 9.17) is 4.74 Å². The summed E-state index contributed by atoms with van der Waals surface area (Å²) in [6.07, 6.45) is 0. The maximum Gasteiger partial charge on any atom is 0.322 e. The van der Waals surface area contributed by atoms with Gasteiger partial charge >= 0.3 is 6.01 Å². The van der Waals surface area contributed by atoms with Gasteiger partial charge in [-0.05, 0) is 37.2 Å². The SMILES string of the molecule is CCOc1nc(NC)nc(Sc2ccccc2C)n1. The molecule has 6 heteroatoms. The number of benzene rings is 1. The van der Waals surface area contributed by atoms with Gasteiger partial charge in [-0.25, -0.2) is 0 Å². The highest BCUT2D eigenvalue weighted by atomic mass is 32.2. The van der Waals surface area contributed by atoms with Crippen molar-refractivity contribution in [1.82, 2.24) is 15.0 Å². The molecule has 0 bridgehead atoms. The summed E-state index contributed by atoms with van der Waals surface area (Å²) in [5, 5.41) is 3.53. The molecule has 0 spiro atoms. The molecule has 0 aliphatic heterocycles. The maximum atomic E-state index is 5.34. The lowest BCUT2D eigenvalue weighted by Gasteiger charge is -2.07. The molecule has 0 saturated heterocycles. The number of hydrogen-bond donors (Lipinski definition) is 1. The Morgan fingerprint density at radius 2 is 2.00 bits per heavy atom. The molecule has 0 aliphatic carbocycles. The van der Waals surface area contributed by atoms with E-state index in [-0.39, 0.29) is 0 Å². The Morgan fingerprint density at radius 3 is 2.68 bits per heavy atom. The zero-order valence-corrected chi connectivity index (χ0v) is 12.0. The number of aromatic nitrogens is 3. The molecular formula is C13H16N4OS. The summed E-state index contributed by atoms with van der Waals surface area (Å²) in [4.78, 5) is 13.9. The summed E-state index contributed by atoms with van der Waals surface area (Å²) in [5.74, 6) is 0.509. The van der Waals surface area contributed by atoms with Crippen molar-refractivity contribution in [3.05, 3.63) is 29.8 Å². The molecule has 0 radical (unpaired) electrons. The van der Waals surface area contributed by atoms with E-state index in [0.29, 0.717) is 23.7 Å². The van der Waals surface area contributed by atoms with E-state index >= 15 is 0 Å². The van der Waals surface area contributed by atoms with Crippen LogP contribution in [0.3, 0.4) is 0 Å². The minimum Gasteiger partial charge on any atom is -0.464 e. The van der Waals surface area contributed by atoms with Crippen molar-refractivity contribution in [2.45, 2.75) is 23.9 Å². The van der Waals surface area contributed by atoms with Crippen LogP contribution in [0.25, 0.3) is 0 Å². The van der Waals surface area contributed by atoms with E-state index < -0.39 is 0 Å². The molecule has 1 aromatic heterocycles.